The predicted octanol–water partition coefficient (Wildman–Crippen LogP) is 8.54. The zero-order valence-electron chi connectivity index (χ0n) is 17.3. The average Bonchev–Trinajstić information content (AvgIpc) is 2.61. The molecule has 2 aliphatic rings. The van der Waals surface area contributed by atoms with Gasteiger partial charge in [0.15, 0.2) is 0 Å². The molecule has 0 N–H and O–H groups in total. The minimum atomic E-state index is 0.697. The summed E-state index contributed by atoms with van der Waals surface area (Å²) in [5.74, 6) is 3.27. The van der Waals surface area contributed by atoms with Crippen LogP contribution in [0.3, 0.4) is 0 Å². The van der Waals surface area contributed by atoms with Crippen molar-refractivity contribution in [1.82, 2.24) is 0 Å². The summed E-state index contributed by atoms with van der Waals surface area (Å²) in [4.78, 5) is 0. The molecule has 0 unspecified atom stereocenters. The second kappa shape index (κ2) is 10.9. The standard InChI is InChI=1S/C24H46/c1-4-6-8-9-10-11-21-12-14-22(15-13-21)23-16-19-24(3,20-17-23)18-7-5-2/h21-23H,4-20H2,1-3H3/t21?,22?,23-,24-. The number of hydrogen-bond donors (Lipinski definition) is 0. The summed E-state index contributed by atoms with van der Waals surface area (Å²) in [6.07, 6.45) is 25.5. The highest BCUT2D eigenvalue weighted by atomic mass is 14.4. The van der Waals surface area contributed by atoms with Crippen molar-refractivity contribution in [1.29, 1.82) is 0 Å². The highest BCUT2D eigenvalue weighted by Gasteiger charge is 2.35. The summed E-state index contributed by atoms with van der Waals surface area (Å²) in [6.45, 7) is 7.24. The summed E-state index contributed by atoms with van der Waals surface area (Å²) in [5.41, 5.74) is 0.697. The third-order valence-electron chi connectivity index (χ3n) is 7.65. The van der Waals surface area contributed by atoms with Crippen LogP contribution in [-0.4, -0.2) is 0 Å². The van der Waals surface area contributed by atoms with Crippen molar-refractivity contribution < 1.29 is 0 Å². The minimum Gasteiger partial charge on any atom is -0.0654 e. The van der Waals surface area contributed by atoms with Gasteiger partial charge in [-0.2, -0.15) is 0 Å². The van der Waals surface area contributed by atoms with Crippen molar-refractivity contribution >= 4 is 0 Å². The van der Waals surface area contributed by atoms with E-state index in [1.807, 2.05) is 0 Å². The van der Waals surface area contributed by atoms with Crippen molar-refractivity contribution in [2.75, 3.05) is 0 Å². The molecule has 2 rings (SSSR count). The lowest BCUT2D eigenvalue weighted by molar-refractivity contribution is 0.0952. The Bertz CT molecular complexity index is 302. The van der Waals surface area contributed by atoms with Gasteiger partial charge in [0.2, 0.25) is 0 Å². The van der Waals surface area contributed by atoms with Gasteiger partial charge in [0.1, 0.15) is 0 Å². The number of unbranched alkanes of at least 4 members (excludes halogenated alkanes) is 5. The van der Waals surface area contributed by atoms with E-state index in [4.69, 9.17) is 0 Å². The molecule has 0 aromatic heterocycles. The van der Waals surface area contributed by atoms with E-state index >= 15 is 0 Å². The molecule has 0 aromatic carbocycles. The molecule has 0 heterocycles. The van der Waals surface area contributed by atoms with Gasteiger partial charge in [-0.1, -0.05) is 85.0 Å². The van der Waals surface area contributed by atoms with E-state index in [1.165, 1.54) is 70.6 Å². The molecule has 0 aromatic rings. The monoisotopic (exact) mass is 334 g/mol. The Morgan fingerprint density at radius 1 is 0.667 bits per heavy atom. The van der Waals surface area contributed by atoms with Crippen LogP contribution in [0.5, 0.6) is 0 Å². The van der Waals surface area contributed by atoms with Crippen LogP contribution >= 0.6 is 0 Å². The zero-order chi connectivity index (χ0) is 17.3. The molecule has 0 aliphatic heterocycles. The Morgan fingerprint density at radius 2 is 1.25 bits per heavy atom. The zero-order valence-corrected chi connectivity index (χ0v) is 17.3. The first-order valence-corrected chi connectivity index (χ1v) is 11.7. The fourth-order valence-electron chi connectivity index (χ4n) is 5.65. The van der Waals surface area contributed by atoms with Gasteiger partial charge in [-0.05, 0) is 68.1 Å². The molecule has 0 spiro atoms. The molecule has 0 heteroatoms. The lowest BCUT2D eigenvalue weighted by Crippen LogP contribution is -2.30. The van der Waals surface area contributed by atoms with Crippen LogP contribution in [-0.2, 0) is 0 Å². The summed E-state index contributed by atoms with van der Waals surface area (Å²) in [6, 6.07) is 0. The first-order valence-electron chi connectivity index (χ1n) is 11.7. The first kappa shape index (κ1) is 20.3. The van der Waals surface area contributed by atoms with E-state index in [0.29, 0.717) is 5.41 Å². The molecule has 2 fully saturated rings. The average molecular weight is 335 g/mol. The Hall–Kier alpha value is 0. The fourth-order valence-corrected chi connectivity index (χ4v) is 5.65. The van der Waals surface area contributed by atoms with Gasteiger partial charge in [-0.3, -0.25) is 0 Å². The maximum atomic E-state index is 2.58. The molecule has 0 bridgehead atoms. The van der Waals surface area contributed by atoms with E-state index < -0.39 is 0 Å². The smallest absolute Gasteiger partial charge is 0.0326 e. The third-order valence-corrected chi connectivity index (χ3v) is 7.65. The Balaban J connectivity index is 1.59. The Morgan fingerprint density at radius 3 is 1.88 bits per heavy atom. The summed E-state index contributed by atoms with van der Waals surface area (Å²) >= 11 is 0. The van der Waals surface area contributed by atoms with E-state index in [-0.39, 0.29) is 0 Å². The van der Waals surface area contributed by atoms with Crippen molar-refractivity contribution in [3.05, 3.63) is 0 Å². The molecule has 2 aliphatic carbocycles. The van der Waals surface area contributed by atoms with Crippen LogP contribution in [0.25, 0.3) is 0 Å². The van der Waals surface area contributed by atoms with Crippen LogP contribution in [0.15, 0.2) is 0 Å². The normalized spacial score (nSPS) is 34.4. The van der Waals surface area contributed by atoms with Crippen LogP contribution < -0.4 is 0 Å². The van der Waals surface area contributed by atoms with E-state index in [0.717, 1.165) is 17.8 Å². The van der Waals surface area contributed by atoms with Crippen LogP contribution in [0.1, 0.15) is 130 Å². The van der Waals surface area contributed by atoms with Crippen molar-refractivity contribution in [3.8, 4) is 0 Å². The van der Waals surface area contributed by atoms with Crippen molar-refractivity contribution in [2.24, 2.45) is 23.2 Å². The lowest BCUT2D eigenvalue weighted by Gasteiger charge is -2.42. The van der Waals surface area contributed by atoms with Gasteiger partial charge >= 0.3 is 0 Å². The minimum absolute atomic E-state index is 0.697. The van der Waals surface area contributed by atoms with Gasteiger partial charge in [0, 0.05) is 0 Å². The maximum absolute atomic E-state index is 2.58. The summed E-state index contributed by atoms with van der Waals surface area (Å²) in [7, 11) is 0. The van der Waals surface area contributed by atoms with Gasteiger partial charge in [0.25, 0.3) is 0 Å². The Labute approximate surface area is 153 Å². The van der Waals surface area contributed by atoms with Gasteiger partial charge < -0.3 is 0 Å². The van der Waals surface area contributed by atoms with Gasteiger partial charge in [-0.15, -0.1) is 0 Å². The number of rotatable bonds is 10. The molecule has 0 atom stereocenters. The second-order valence-corrected chi connectivity index (χ2v) is 9.74. The fraction of sp³-hybridized carbons (Fsp3) is 1.00. The number of hydrogen-bond acceptors (Lipinski definition) is 0. The van der Waals surface area contributed by atoms with Gasteiger partial charge in [-0.25, -0.2) is 0 Å². The van der Waals surface area contributed by atoms with Crippen molar-refractivity contribution in [2.45, 2.75) is 130 Å². The highest BCUT2D eigenvalue weighted by Crippen LogP contribution is 2.47. The van der Waals surface area contributed by atoms with Gasteiger partial charge in [0.05, 0.1) is 0 Å². The SMILES string of the molecule is CCCCCCCC1CCC([C@H]2CC[C@](C)(CCCC)CC2)CC1. The predicted molar refractivity (Wildman–Crippen MR) is 108 cm³/mol. The van der Waals surface area contributed by atoms with Crippen LogP contribution in [0.2, 0.25) is 0 Å². The maximum Gasteiger partial charge on any atom is -0.0326 e. The second-order valence-electron chi connectivity index (χ2n) is 9.74. The van der Waals surface area contributed by atoms with E-state index in [1.54, 1.807) is 38.5 Å². The van der Waals surface area contributed by atoms with E-state index in [9.17, 15) is 0 Å². The molecule has 0 radical (unpaired) electrons. The molecular formula is C24H46. The van der Waals surface area contributed by atoms with Crippen LogP contribution in [0, 0.1) is 23.2 Å². The quantitative estimate of drug-likeness (QED) is 0.351. The molecule has 142 valence electrons. The lowest BCUT2D eigenvalue weighted by atomic mass is 9.63. The highest BCUT2D eigenvalue weighted by molar-refractivity contribution is 4.86. The van der Waals surface area contributed by atoms with Crippen molar-refractivity contribution in [3.63, 3.8) is 0 Å². The molecule has 2 saturated carbocycles. The molecule has 24 heavy (non-hydrogen) atoms. The van der Waals surface area contributed by atoms with Crippen LogP contribution in [0.4, 0.5) is 0 Å². The first-order chi connectivity index (χ1) is 11.7. The summed E-state index contributed by atoms with van der Waals surface area (Å²) in [5, 5.41) is 0. The summed E-state index contributed by atoms with van der Waals surface area (Å²) < 4.78 is 0. The topological polar surface area (TPSA) is 0 Å². The van der Waals surface area contributed by atoms with E-state index in [2.05, 4.69) is 20.8 Å². The molecular weight excluding hydrogens is 288 g/mol. The third kappa shape index (κ3) is 6.72. The molecule has 0 nitrogen and oxygen atoms in total. The molecule has 0 amide bonds. The largest absolute Gasteiger partial charge is 0.0654 e. The molecule has 0 saturated heterocycles. The Kier molecular flexibility index (Phi) is 9.20.